The molecule has 37 heavy (non-hydrogen) atoms. The lowest BCUT2D eigenvalue weighted by atomic mass is 9.68. The molecule has 2 aliphatic rings. The van der Waals surface area contributed by atoms with Gasteiger partial charge < -0.3 is 4.74 Å². The molecule has 0 amide bonds. The van der Waals surface area contributed by atoms with Gasteiger partial charge in [-0.1, -0.05) is 51.5 Å². The van der Waals surface area contributed by atoms with Crippen LogP contribution in [0.1, 0.15) is 95.5 Å². The van der Waals surface area contributed by atoms with Crippen LogP contribution in [0.2, 0.25) is 0 Å². The Balaban J connectivity index is 1.36. The van der Waals surface area contributed by atoms with Crippen LogP contribution in [0, 0.1) is 35.2 Å². The highest BCUT2D eigenvalue weighted by Gasteiger charge is 2.33. The van der Waals surface area contributed by atoms with Gasteiger partial charge in [-0.05, 0) is 97.6 Å². The number of hydrogen-bond acceptors (Lipinski definition) is 1. The Bertz CT molecular complexity index is 1010. The lowest BCUT2D eigenvalue weighted by molar-refractivity contribution is -0.275. The van der Waals surface area contributed by atoms with Crippen LogP contribution in [0.15, 0.2) is 30.3 Å². The molecule has 0 aromatic heterocycles. The molecule has 2 aromatic carbocycles. The summed E-state index contributed by atoms with van der Waals surface area (Å²) in [5.41, 5.74) is -0.0394. The Hall–Kier alpha value is -2.18. The van der Waals surface area contributed by atoms with E-state index in [9.17, 15) is 26.3 Å². The zero-order chi connectivity index (χ0) is 26.6. The van der Waals surface area contributed by atoms with Crippen molar-refractivity contribution in [3.63, 3.8) is 0 Å². The van der Waals surface area contributed by atoms with Crippen LogP contribution in [0.5, 0.6) is 5.75 Å². The summed E-state index contributed by atoms with van der Waals surface area (Å²) in [6, 6.07) is 5.00. The average Bonchev–Trinajstić information content (AvgIpc) is 2.85. The zero-order valence-corrected chi connectivity index (χ0v) is 21.4. The topological polar surface area (TPSA) is 9.23 Å². The second-order valence-corrected chi connectivity index (χ2v) is 10.9. The molecule has 0 N–H and O–H groups in total. The molecule has 0 radical (unpaired) electrons. The highest BCUT2D eigenvalue weighted by Crippen LogP contribution is 2.45. The van der Waals surface area contributed by atoms with E-state index >= 15 is 0 Å². The van der Waals surface area contributed by atoms with Gasteiger partial charge in [-0.15, -0.1) is 13.2 Å². The van der Waals surface area contributed by atoms with E-state index in [1.165, 1.54) is 63.5 Å². The van der Waals surface area contributed by atoms with Crippen molar-refractivity contribution in [1.82, 2.24) is 0 Å². The van der Waals surface area contributed by atoms with E-state index in [4.69, 9.17) is 0 Å². The number of alkyl halides is 3. The first-order valence-corrected chi connectivity index (χ1v) is 13.7. The van der Waals surface area contributed by atoms with E-state index < -0.39 is 35.1 Å². The van der Waals surface area contributed by atoms with Crippen LogP contribution in [0.3, 0.4) is 0 Å². The van der Waals surface area contributed by atoms with E-state index in [1.807, 2.05) is 0 Å². The van der Waals surface area contributed by atoms with Gasteiger partial charge >= 0.3 is 6.36 Å². The van der Waals surface area contributed by atoms with Gasteiger partial charge in [0.2, 0.25) is 0 Å². The second-order valence-electron chi connectivity index (χ2n) is 10.9. The first-order chi connectivity index (χ1) is 17.6. The van der Waals surface area contributed by atoms with Gasteiger partial charge in [0.05, 0.1) is 5.56 Å². The second kappa shape index (κ2) is 12.1. The summed E-state index contributed by atoms with van der Waals surface area (Å²) in [6.07, 6.45) is 9.39. The Kier molecular flexibility index (Phi) is 9.12. The van der Waals surface area contributed by atoms with Gasteiger partial charge in [-0.25, -0.2) is 13.2 Å². The van der Waals surface area contributed by atoms with Gasteiger partial charge in [-0.2, -0.15) is 0 Å². The maximum absolute atomic E-state index is 15.0. The van der Waals surface area contributed by atoms with Crippen LogP contribution in [0.4, 0.5) is 26.3 Å². The predicted molar refractivity (Wildman–Crippen MR) is 133 cm³/mol. The van der Waals surface area contributed by atoms with E-state index in [0.717, 1.165) is 49.7 Å². The van der Waals surface area contributed by atoms with Gasteiger partial charge in [0, 0.05) is 0 Å². The van der Waals surface area contributed by atoms with Crippen molar-refractivity contribution in [2.24, 2.45) is 17.8 Å². The standard InChI is InChI=1S/C30H36F6O/c1-2-3-4-5-19-6-8-20(9-7-19)21-10-12-22(13-11-21)24-17-26(32)29(27(33)18-24)23-14-15-28(25(31)16-23)37-30(34,35)36/h14-22H,2-13H2,1H3. The molecule has 0 spiro atoms. The zero-order valence-electron chi connectivity index (χ0n) is 21.4. The molecule has 2 fully saturated rings. The van der Waals surface area contributed by atoms with Crippen molar-refractivity contribution in [1.29, 1.82) is 0 Å². The maximum atomic E-state index is 15.0. The average molecular weight is 527 g/mol. The molecule has 4 rings (SSSR count). The Morgan fingerprint density at radius 3 is 1.89 bits per heavy atom. The minimum Gasteiger partial charge on any atom is -0.403 e. The molecule has 7 heteroatoms. The molecule has 204 valence electrons. The number of hydrogen-bond donors (Lipinski definition) is 0. The predicted octanol–water partition coefficient (Wildman–Crippen LogP) is 10.3. The van der Waals surface area contributed by atoms with Crippen molar-refractivity contribution in [2.45, 2.75) is 96.3 Å². The third kappa shape index (κ3) is 7.23. The molecule has 0 atom stereocenters. The van der Waals surface area contributed by atoms with Crippen molar-refractivity contribution >= 4 is 0 Å². The molecule has 2 aromatic rings. The van der Waals surface area contributed by atoms with E-state index in [0.29, 0.717) is 17.5 Å². The van der Waals surface area contributed by atoms with Crippen molar-refractivity contribution < 1.29 is 31.1 Å². The number of rotatable bonds is 8. The van der Waals surface area contributed by atoms with Crippen LogP contribution in [0.25, 0.3) is 11.1 Å². The van der Waals surface area contributed by atoms with E-state index in [2.05, 4.69) is 11.7 Å². The Morgan fingerprint density at radius 2 is 1.35 bits per heavy atom. The molecule has 2 aliphatic carbocycles. The molecule has 0 heterocycles. The third-order valence-electron chi connectivity index (χ3n) is 8.53. The molecule has 0 bridgehead atoms. The van der Waals surface area contributed by atoms with Gasteiger partial charge in [-0.3, -0.25) is 0 Å². The summed E-state index contributed by atoms with van der Waals surface area (Å²) < 4.78 is 84.8. The largest absolute Gasteiger partial charge is 0.573 e. The molecule has 1 nitrogen and oxygen atoms in total. The summed E-state index contributed by atoms with van der Waals surface area (Å²) >= 11 is 0. The number of unbranched alkanes of at least 4 members (excludes halogenated alkanes) is 2. The smallest absolute Gasteiger partial charge is 0.403 e. The van der Waals surface area contributed by atoms with Crippen LogP contribution in [-0.2, 0) is 0 Å². The van der Waals surface area contributed by atoms with Crippen LogP contribution in [-0.4, -0.2) is 6.36 Å². The normalized spacial score (nSPS) is 24.7. The van der Waals surface area contributed by atoms with Gasteiger partial charge in [0.15, 0.2) is 11.6 Å². The molecule has 0 unspecified atom stereocenters. The van der Waals surface area contributed by atoms with E-state index in [-0.39, 0.29) is 11.5 Å². The summed E-state index contributed by atoms with van der Waals surface area (Å²) in [5, 5.41) is 0. The van der Waals surface area contributed by atoms with Crippen LogP contribution < -0.4 is 4.74 Å². The molecular weight excluding hydrogens is 490 g/mol. The summed E-state index contributed by atoms with van der Waals surface area (Å²) in [5.74, 6) is -1.68. The number of benzene rings is 2. The monoisotopic (exact) mass is 526 g/mol. The first kappa shape index (κ1) is 27.8. The molecule has 2 saturated carbocycles. The summed E-state index contributed by atoms with van der Waals surface area (Å²) in [4.78, 5) is 0. The molecule has 0 saturated heterocycles. The molecule has 0 aliphatic heterocycles. The Labute approximate surface area is 215 Å². The fourth-order valence-electron chi connectivity index (χ4n) is 6.52. The minimum atomic E-state index is -5.06. The minimum absolute atomic E-state index is 0.0685. The van der Waals surface area contributed by atoms with Gasteiger partial charge in [0.1, 0.15) is 11.6 Å². The first-order valence-electron chi connectivity index (χ1n) is 13.7. The number of halogens is 6. The maximum Gasteiger partial charge on any atom is 0.573 e. The quantitative estimate of drug-likeness (QED) is 0.246. The van der Waals surface area contributed by atoms with Crippen molar-refractivity contribution in [3.05, 3.63) is 53.3 Å². The van der Waals surface area contributed by atoms with Crippen molar-refractivity contribution in [3.8, 4) is 16.9 Å². The lowest BCUT2D eigenvalue weighted by Crippen LogP contribution is -2.25. The highest BCUT2D eigenvalue weighted by atomic mass is 19.4. The number of ether oxygens (including phenoxy) is 1. The fourth-order valence-corrected chi connectivity index (χ4v) is 6.52. The summed E-state index contributed by atoms with van der Waals surface area (Å²) in [7, 11) is 0. The Morgan fingerprint density at radius 1 is 0.757 bits per heavy atom. The fraction of sp³-hybridized carbons (Fsp3) is 0.600. The van der Waals surface area contributed by atoms with Crippen LogP contribution >= 0.6 is 0 Å². The van der Waals surface area contributed by atoms with Crippen molar-refractivity contribution in [2.75, 3.05) is 0 Å². The van der Waals surface area contributed by atoms with E-state index in [1.54, 1.807) is 0 Å². The SMILES string of the molecule is CCCCCC1CCC(C2CCC(c3cc(F)c(-c4ccc(OC(F)(F)F)c(F)c4)c(F)c3)CC2)CC1. The highest BCUT2D eigenvalue weighted by molar-refractivity contribution is 5.66. The third-order valence-corrected chi connectivity index (χ3v) is 8.53. The van der Waals surface area contributed by atoms with Gasteiger partial charge in [0.25, 0.3) is 0 Å². The molecular formula is C30H36F6O. The summed E-state index contributed by atoms with van der Waals surface area (Å²) in [6.45, 7) is 2.24. The lowest BCUT2D eigenvalue weighted by Gasteiger charge is -2.38.